The maximum Gasteiger partial charge on any atom is 0.245 e. The van der Waals surface area contributed by atoms with Crippen LogP contribution >= 0.6 is 11.6 Å². The highest BCUT2D eigenvalue weighted by molar-refractivity contribution is 6.30. The Bertz CT molecular complexity index is 461. The lowest BCUT2D eigenvalue weighted by molar-refractivity contribution is -0.126. The van der Waals surface area contributed by atoms with Crippen LogP contribution in [-0.4, -0.2) is 34.5 Å². The van der Waals surface area contributed by atoms with Crippen LogP contribution in [0.4, 0.5) is 5.82 Å². The van der Waals surface area contributed by atoms with Crippen LogP contribution in [0, 0.1) is 6.92 Å². The van der Waals surface area contributed by atoms with Crippen molar-refractivity contribution in [2.45, 2.75) is 26.3 Å². The fourth-order valence-corrected chi connectivity index (χ4v) is 2.09. The molecule has 0 atom stereocenters. The third kappa shape index (κ3) is 1.95. The van der Waals surface area contributed by atoms with Crippen molar-refractivity contribution in [1.29, 1.82) is 0 Å². The number of hydrogen-bond donors (Lipinski definition) is 1. The fourth-order valence-electron chi connectivity index (χ4n) is 1.96. The zero-order valence-corrected chi connectivity index (χ0v) is 10.9. The zero-order chi connectivity index (χ0) is 12.6. The molecule has 92 valence electrons. The summed E-state index contributed by atoms with van der Waals surface area (Å²) in [5, 5.41) is 3.28. The lowest BCUT2D eigenvalue weighted by Gasteiger charge is -2.42. The van der Waals surface area contributed by atoms with E-state index in [1.54, 1.807) is 0 Å². The van der Waals surface area contributed by atoms with Gasteiger partial charge in [0.05, 0.1) is 0 Å². The van der Waals surface area contributed by atoms with Crippen LogP contribution in [0.25, 0.3) is 0 Å². The van der Waals surface area contributed by atoms with E-state index >= 15 is 0 Å². The predicted octanol–water partition coefficient (Wildman–Crippen LogP) is 1.15. The molecule has 0 saturated carbocycles. The molecule has 0 aromatic carbocycles. The Morgan fingerprint density at radius 3 is 2.88 bits per heavy atom. The molecule has 1 saturated heterocycles. The van der Waals surface area contributed by atoms with Gasteiger partial charge >= 0.3 is 0 Å². The first-order valence-corrected chi connectivity index (χ1v) is 5.85. The molecule has 1 aliphatic heterocycles. The van der Waals surface area contributed by atoms with Crippen LogP contribution in [0.15, 0.2) is 6.33 Å². The van der Waals surface area contributed by atoms with Crippen LogP contribution in [-0.2, 0) is 4.79 Å². The minimum atomic E-state index is -0.624. The monoisotopic (exact) mass is 254 g/mol. The number of nitrogens with one attached hydrogen (secondary N) is 1. The van der Waals surface area contributed by atoms with Crippen molar-refractivity contribution in [1.82, 2.24) is 15.3 Å². The maximum absolute atomic E-state index is 11.9. The summed E-state index contributed by atoms with van der Waals surface area (Å²) in [6.07, 6.45) is 1.42. The number of nitrogens with zero attached hydrogens (tertiary/aromatic N) is 3. The largest absolute Gasteiger partial charge is 0.352 e. The first-order chi connectivity index (χ1) is 7.94. The number of amides is 1. The first kappa shape index (κ1) is 12.1. The van der Waals surface area contributed by atoms with E-state index in [4.69, 9.17) is 11.6 Å². The number of carbonyl (C=O) groups excluding carboxylic acids is 1. The Morgan fingerprint density at radius 2 is 2.18 bits per heavy atom. The molecule has 0 bridgehead atoms. The standard InChI is InChI=1S/C11H15ClN4O/c1-7-8(12)14-6-15-9(7)16-5-4-13-10(17)11(16,2)3/h6H,4-5H2,1-3H3,(H,13,17). The predicted molar refractivity (Wildman–Crippen MR) is 66.2 cm³/mol. The molecule has 1 aromatic rings. The highest BCUT2D eigenvalue weighted by Crippen LogP contribution is 2.29. The molecule has 1 aromatic heterocycles. The van der Waals surface area contributed by atoms with E-state index in [-0.39, 0.29) is 5.91 Å². The average Bonchev–Trinajstić information content (AvgIpc) is 2.27. The van der Waals surface area contributed by atoms with E-state index in [1.807, 2.05) is 25.7 Å². The molecular weight excluding hydrogens is 240 g/mol. The Balaban J connectivity index is 2.45. The number of carbonyl (C=O) groups is 1. The lowest BCUT2D eigenvalue weighted by Crippen LogP contribution is -2.62. The molecule has 17 heavy (non-hydrogen) atoms. The molecule has 0 radical (unpaired) electrons. The van der Waals surface area contributed by atoms with Gasteiger partial charge in [0.15, 0.2) is 0 Å². The van der Waals surface area contributed by atoms with Gasteiger partial charge in [-0.2, -0.15) is 0 Å². The van der Waals surface area contributed by atoms with E-state index in [0.29, 0.717) is 18.2 Å². The Morgan fingerprint density at radius 1 is 1.47 bits per heavy atom. The van der Waals surface area contributed by atoms with Gasteiger partial charge in [0.2, 0.25) is 5.91 Å². The molecule has 0 spiro atoms. The Kier molecular flexibility index (Phi) is 2.95. The van der Waals surface area contributed by atoms with Gasteiger partial charge in [-0.15, -0.1) is 0 Å². The number of piperazine rings is 1. The fraction of sp³-hybridized carbons (Fsp3) is 0.545. The van der Waals surface area contributed by atoms with Crippen molar-refractivity contribution in [3.63, 3.8) is 0 Å². The van der Waals surface area contributed by atoms with Gasteiger partial charge in [0, 0.05) is 18.7 Å². The minimum absolute atomic E-state index is 0.00196. The van der Waals surface area contributed by atoms with Gasteiger partial charge in [0.25, 0.3) is 0 Å². The van der Waals surface area contributed by atoms with E-state index in [2.05, 4.69) is 15.3 Å². The lowest BCUT2D eigenvalue weighted by atomic mass is 9.98. The van der Waals surface area contributed by atoms with Crippen molar-refractivity contribution in [3.8, 4) is 0 Å². The van der Waals surface area contributed by atoms with Crippen LogP contribution < -0.4 is 10.2 Å². The molecule has 0 aliphatic carbocycles. The van der Waals surface area contributed by atoms with Crippen molar-refractivity contribution >= 4 is 23.3 Å². The third-order valence-corrected chi connectivity index (χ3v) is 3.48. The Hall–Kier alpha value is -1.36. The summed E-state index contributed by atoms with van der Waals surface area (Å²) in [6.45, 7) is 6.93. The topological polar surface area (TPSA) is 58.1 Å². The molecule has 5 nitrogen and oxygen atoms in total. The molecular formula is C11H15ClN4O. The molecule has 1 fully saturated rings. The van der Waals surface area contributed by atoms with Crippen LogP contribution in [0.3, 0.4) is 0 Å². The van der Waals surface area contributed by atoms with Crippen molar-refractivity contribution in [2.75, 3.05) is 18.0 Å². The van der Waals surface area contributed by atoms with E-state index in [1.165, 1.54) is 6.33 Å². The second kappa shape index (κ2) is 4.14. The smallest absolute Gasteiger partial charge is 0.245 e. The second-order valence-corrected chi connectivity index (χ2v) is 4.94. The third-order valence-electron chi connectivity index (χ3n) is 3.10. The van der Waals surface area contributed by atoms with Gasteiger partial charge in [0.1, 0.15) is 22.8 Å². The van der Waals surface area contributed by atoms with Crippen molar-refractivity contribution < 1.29 is 4.79 Å². The van der Waals surface area contributed by atoms with Crippen molar-refractivity contribution in [2.24, 2.45) is 0 Å². The minimum Gasteiger partial charge on any atom is -0.352 e. The van der Waals surface area contributed by atoms with Gasteiger partial charge in [-0.1, -0.05) is 11.6 Å². The molecule has 1 amide bonds. The maximum atomic E-state index is 11.9. The molecule has 1 N–H and O–H groups in total. The van der Waals surface area contributed by atoms with Crippen LogP contribution in [0.5, 0.6) is 0 Å². The number of rotatable bonds is 1. The molecule has 0 unspecified atom stereocenters. The number of hydrogen-bond acceptors (Lipinski definition) is 4. The highest BCUT2D eigenvalue weighted by Gasteiger charge is 2.39. The van der Waals surface area contributed by atoms with E-state index in [0.717, 1.165) is 11.4 Å². The summed E-state index contributed by atoms with van der Waals surface area (Å²) in [5.41, 5.74) is 0.178. The normalized spacial score (nSPS) is 19.1. The summed E-state index contributed by atoms with van der Waals surface area (Å²) in [5.74, 6) is 0.725. The van der Waals surface area contributed by atoms with Crippen molar-refractivity contribution in [3.05, 3.63) is 17.0 Å². The van der Waals surface area contributed by atoms with Crippen LogP contribution in [0.1, 0.15) is 19.4 Å². The molecule has 1 aliphatic rings. The number of anilines is 1. The highest BCUT2D eigenvalue weighted by atomic mass is 35.5. The molecule has 2 heterocycles. The SMILES string of the molecule is Cc1c(Cl)ncnc1N1CCNC(=O)C1(C)C. The van der Waals surface area contributed by atoms with Gasteiger partial charge in [-0.25, -0.2) is 9.97 Å². The van der Waals surface area contributed by atoms with Gasteiger partial charge < -0.3 is 10.2 Å². The summed E-state index contributed by atoms with van der Waals surface area (Å²) in [7, 11) is 0. The number of aromatic nitrogens is 2. The average molecular weight is 255 g/mol. The van der Waals surface area contributed by atoms with Gasteiger partial charge in [-0.05, 0) is 20.8 Å². The summed E-state index contributed by atoms with van der Waals surface area (Å²) in [6, 6.07) is 0. The molecule has 2 rings (SSSR count). The second-order valence-electron chi connectivity index (χ2n) is 4.58. The van der Waals surface area contributed by atoms with E-state index in [9.17, 15) is 4.79 Å². The quantitative estimate of drug-likeness (QED) is 0.764. The summed E-state index contributed by atoms with van der Waals surface area (Å²) < 4.78 is 0. The Labute approximate surface area is 105 Å². The number of halogens is 1. The first-order valence-electron chi connectivity index (χ1n) is 5.47. The summed E-state index contributed by atoms with van der Waals surface area (Å²) in [4.78, 5) is 22.0. The zero-order valence-electron chi connectivity index (χ0n) is 10.1. The van der Waals surface area contributed by atoms with Crippen LogP contribution in [0.2, 0.25) is 5.15 Å². The molecule has 6 heteroatoms. The summed E-state index contributed by atoms with van der Waals surface area (Å²) >= 11 is 5.98. The van der Waals surface area contributed by atoms with E-state index < -0.39 is 5.54 Å². The van der Waals surface area contributed by atoms with Gasteiger partial charge in [-0.3, -0.25) is 4.79 Å².